The molecule has 0 aliphatic heterocycles. The molecule has 1 aliphatic carbocycles. The molecule has 132 valence electrons. The van der Waals surface area contributed by atoms with Crippen molar-refractivity contribution in [3.63, 3.8) is 0 Å². The molecule has 0 bridgehead atoms. The molecule has 3 nitrogen and oxygen atoms in total. The predicted octanol–water partition coefficient (Wildman–Crippen LogP) is 5.76. The van der Waals surface area contributed by atoms with Crippen LogP contribution in [-0.2, 0) is 17.4 Å². The number of hydrogen-bond acceptors (Lipinski definition) is 2. The van der Waals surface area contributed by atoms with Gasteiger partial charge in [0.2, 0.25) is 0 Å². The zero-order valence-corrected chi connectivity index (χ0v) is 14.5. The molecule has 3 rings (SSSR count). The summed E-state index contributed by atoms with van der Waals surface area (Å²) in [4.78, 5) is 10.9. The van der Waals surface area contributed by atoms with E-state index in [0.717, 1.165) is 36.1 Å². The van der Waals surface area contributed by atoms with Crippen molar-refractivity contribution in [1.82, 2.24) is 0 Å². The first-order valence-electron chi connectivity index (χ1n) is 7.63. The van der Waals surface area contributed by atoms with Crippen LogP contribution in [0.1, 0.15) is 35.4 Å². The molecular weight excluding hydrogens is 401 g/mol. The second-order valence-electron chi connectivity index (χ2n) is 5.94. The Morgan fingerprint density at radius 1 is 1.24 bits per heavy atom. The van der Waals surface area contributed by atoms with Crippen LogP contribution in [0.15, 0.2) is 40.9 Å². The summed E-state index contributed by atoms with van der Waals surface area (Å²) in [6.07, 6.45) is -2.78. The van der Waals surface area contributed by atoms with Crippen molar-refractivity contribution in [2.45, 2.75) is 31.4 Å². The average molecular weight is 415 g/mol. The van der Waals surface area contributed by atoms with E-state index in [1.165, 1.54) is 6.07 Å². The van der Waals surface area contributed by atoms with E-state index in [9.17, 15) is 18.0 Å². The molecule has 0 amide bonds. The highest BCUT2D eigenvalue weighted by atomic mass is 79.9. The van der Waals surface area contributed by atoms with Crippen molar-refractivity contribution >= 4 is 21.9 Å². The van der Waals surface area contributed by atoms with Crippen LogP contribution < -0.4 is 4.74 Å². The Morgan fingerprint density at radius 3 is 2.64 bits per heavy atom. The van der Waals surface area contributed by atoms with E-state index in [-0.39, 0.29) is 22.6 Å². The Hall–Kier alpha value is -2.02. The first kappa shape index (κ1) is 17.8. The lowest BCUT2D eigenvalue weighted by Gasteiger charge is -2.13. The van der Waals surface area contributed by atoms with Crippen molar-refractivity contribution < 1.29 is 27.8 Å². The van der Waals surface area contributed by atoms with E-state index >= 15 is 0 Å². The summed E-state index contributed by atoms with van der Waals surface area (Å²) >= 11 is 3.11. The number of hydrogen-bond donors (Lipinski definition) is 1. The zero-order valence-electron chi connectivity index (χ0n) is 12.9. The zero-order chi connectivity index (χ0) is 18.2. The minimum absolute atomic E-state index is 0.000597. The largest absolute Gasteiger partial charge is 0.481 e. The normalized spacial score (nSPS) is 16.6. The first-order chi connectivity index (χ1) is 11.7. The van der Waals surface area contributed by atoms with Gasteiger partial charge < -0.3 is 9.84 Å². The molecule has 0 saturated heterocycles. The number of aliphatic carboxylic acids is 1. The Kier molecular flexibility index (Phi) is 4.77. The molecule has 1 atom stereocenters. The van der Waals surface area contributed by atoms with Crippen LogP contribution in [0.3, 0.4) is 0 Å². The van der Waals surface area contributed by atoms with Crippen LogP contribution in [0, 0.1) is 0 Å². The lowest BCUT2D eigenvalue weighted by atomic mass is 9.98. The fraction of sp³-hybridized carbons (Fsp3) is 0.278. The maximum absolute atomic E-state index is 12.7. The van der Waals surface area contributed by atoms with Crippen LogP contribution in [0.5, 0.6) is 11.5 Å². The van der Waals surface area contributed by atoms with Gasteiger partial charge in [-0.15, -0.1) is 0 Å². The fourth-order valence-corrected chi connectivity index (χ4v) is 3.52. The molecular formula is C18H14BrF3O3. The smallest absolute Gasteiger partial charge is 0.416 e. The number of carboxylic acid groups (broad SMARTS) is 1. The Bertz CT molecular complexity index is 818. The molecule has 2 aromatic rings. The van der Waals surface area contributed by atoms with E-state index in [4.69, 9.17) is 9.84 Å². The fourth-order valence-electron chi connectivity index (χ4n) is 3.06. The number of ether oxygens (including phenoxy) is 1. The molecule has 0 fully saturated rings. The molecule has 2 aromatic carbocycles. The number of carbonyl (C=O) groups is 1. The Balaban J connectivity index is 1.80. The van der Waals surface area contributed by atoms with Gasteiger partial charge in [0.25, 0.3) is 0 Å². The van der Waals surface area contributed by atoms with Gasteiger partial charge >= 0.3 is 12.1 Å². The highest BCUT2D eigenvalue weighted by molar-refractivity contribution is 9.10. The SMILES string of the molecule is O=C(O)C[C@@H]1CCc2cc(Oc3ccc(C(F)(F)F)cc3Br)ccc21. The number of alkyl halides is 3. The predicted molar refractivity (Wildman–Crippen MR) is 89.0 cm³/mol. The Morgan fingerprint density at radius 2 is 2.00 bits per heavy atom. The van der Waals surface area contributed by atoms with Crippen LogP contribution >= 0.6 is 15.9 Å². The maximum Gasteiger partial charge on any atom is 0.416 e. The number of fused-ring (bicyclic) bond motifs is 1. The van der Waals surface area contributed by atoms with Gasteiger partial charge in [-0.25, -0.2) is 0 Å². The molecule has 1 aliphatic rings. The molecule has 7 heteroatoms. The lowest BCUT2D eigenvalue weighted by molar-refractivity contribution is -0.138. The molecule has 25 heavy (non-hydrogen) atoms. The second-order valence-corrected chi connectivity index (χ2v) is 6.79. The number of rotatable bonds is 4. The third-order valence-corrected chi connectivity index (χ3v) is 4.84. The van der Waals surface area contributed by atoms with Crippen molar-refractivity contribution in [3.8, 4) is 11.5 Å². The summed E-state index contributed by atoms with van der Waals surface area (Å²) in [5.41, 5.74) is 1.27. The van der Waals surface area contributed by atoms with Crippen LogP contribution in [-0.4, -0.2) is 11.1 Å². The topological polar surface area (TPSA) is 46.5 Å². The standard InChI is InChI=1S/C18H14BrF3O3/c19-15-9-12(18(20,21)22)3-6-16(15)25-13-4-5-14-10(7-13)1-2-11(14)8-17(23)24/h3-7,9,11H,1-2,8H2,(H,23,24)/t11-/m0/s1. The Labute approximate surface area is 150 Å². The van der Waals surface area contributed by atoms with Gasteiger partial charge in [-0.1, -0.05) is 6.07 Å². The number of halogens is 4. The number of carboxylic acids is 1. The van der Waals surface area contributed by atoms with Crippen molar-refractivity contribution in [3.05, 3.63) is 57.6 Å². The third kappa shape index (κ3) is 3.98. The van der Waals surface area contributed by atoms with E-state index < -0.39 is 17.7 Å². The van der Waals surface area contributed by atoms with Crippen LogP contribution in [0.4, 0.5) is 13.2 Å². The summed E-state index contributed by atoms with van der Waals surface area (Å²) in [7, 11) is 0. The van der Waals surface area contributed by atoms with Gasteiger partial charge in [-0.2, -0.15) is 13.2 Å². The summed E-state index contributed by atoms with van der Waals surface area (Å²) in [6, 6.07) is 8.59. The van der Waals surface area contributed by atoms with E-state index in [1.807, 2.05) is 12.1 Å². The molecule has 0 spiro atoms. The van der Waals surface area contributed by atoms with E-state index in [1.54, 1.807) is 6.07 Å². The highest BCUT2D eigenvalue weighted by Gasteiger charge is 2.31. The molecule has 1 N–H and O–H groups in total. The van der Waals surface area contributed by atoms with Gasteiger partial charge in [0, 0.05) is 0 Å². The quantitative estimate of drug-likeness (QED) is 0.690. The van der Waals surface area contributed by atoms with E-state index in [2.05, 4.69) is 15.9 Å². The summed E-state index contributed by atoms with van der Waals surface area (Å²) in [5.74, 6) is -0.0329. The number of benzene rings is 2. The summed E-state index contributed by atoms with van der Waals surface area (Å²) in [5, 5.41) is 8.95. The summed E-state index contributed by atoms with van der Waals surface area (Å²) in [6.45, 7) is 0. The third-order valence-electron chi connectivity index (χ3n) is 4.22. The molecule has 0 radical (unpaired) electrons. The molecule has 0 heterocycles. The first-order valence-corrected chi connectivity index (χ1v) is 8.42. The molecule has 0 aromatic heterocycles. The average Bonchev–Trinajstić information content (AvgIpc) is 2.90. The molecule has 0 unspecified atom stereocenters. The van der Waals surface area contributed by atoms with Gasteiger partial charge in [-0.3, -0.25) is 4.79 Å². The maximum atomic E-state index is 12.7. The molecule has 0 saturated carbocycles. The minimum Gasteiger partial charge on any atom is -0.481 e. The van der Waals surface area contributed by atoms with Crippen molar-refractivity contribution in [2.75, 3.05) is 0 Å². The number of aryl methyl sites for hydroxylation is 1. The monoisotopic (exact) mass is 414 g/mol. The van der Waals surface area contributed by atoms with Crippen molar-refractivity contribution in [2.24, 2.45) is 0 Å². The summed E-state index contributed by atoms with van der Waals surface area (Å²) < 4.78 is 44.0. The minimum atomic E-state index is -4.41. The van der Waals surface area contributed by atoms with Crippen molar-refractivity contribution in [1.29, 1.82) is 0 Å². The van der Waals surface area contributed by atoms with Gasteiger partial charge in [0.15, 0.2) is 0 Å². The lowest BCUT2D eigenvalue weighted by Crippen LogP contribution is -2.04. The van der Waals surface area contributed by atoms with Gasteiger partial charge in [-0.05, 0) is 76.1 Å². The second kappa shape index (κ2) is 6.71. The van der Waals surface area contributed by atoms with E-state index in [0.29, 0.717) is 5.75 Å². The van der Waals surface area contributed by atoms with Crippen LogP contribution in [0.2, 0.25) is 0 Å². The van der Waals surface area contributed by atoms with Gasteiger partial charge in [0.1, 0.15) is 11.5 Å². The van der Waals surface area contributed by atoms with Crippen LogP contribution in [0.25, 0.3) is 0 Å². The highest BCUT2D eigenvalue weighted by Crippen LogP contribution is 2.40. The van der Waals surface area contributed by atoms with Gasteiger partial charge in [0.05, 0.1) is 16.5 Å².